The van der Waals surface area contributed by atoms with Gasteiger partial charge in [0.15, 0.2) is 0 Å². The molecule has 2 amide bonds. The number of morpholine rings is 1. The van der Waals surface area contributed by atoms with Gasteiger partial charge in [-0.3, -0.25) is 4.79 Å². The average Bonchev–Trinajstić information content (AvgIpc) is 2.73. The second-order valence-electron chi connectivity index (χ2n) is 6.24. The van der Waals surface area contributed by atoms with E-state index in [1.165, 1.54) is 6.20 Å². The number of hydrogen-bond donors (Lipinski definition) is 2. The minimum atomic E-state index is -0.718. The van der Waals surface area contributed by atoms with Gasteiger partial charge in [-0.25, -0.2) is 4.79 Å². The van der Waals surface area contributed by atoms with E-state index in [4.69, 9.17) is 15.2 Å². The van der Waals surface area contributed by atoms with Crippen LogP contribution >= 0.6 is 0 Å². The molecule has 1 aliphatic heterocycles. The molecule has 0 unspecified atom stereocenters. The number of alkyl carbamates (subject to hydrolysis) is 1. The summed E-state index contributed by atoms with van der Waals surface area (Å²) in [5.74, 6) is -0.146. The molecule has 1 aromatic carbocycles. The summed E-state index contributed by atoms with van der Waals surface area (Å²) in [5.41, 5.74) is 7.02. The maximum Gasteiger partial charge on any atom is 0.408 e. The SMILES string of the molecule is C=C/C=C(\C=C/N)COC(=O)N[C@@H](Cc1ccccc1)C(=O)N1CCOCC1. The highest BCUT2D eigenvalue weighted by molar-refractivity contribution is 5.86. The third kappa shape index (κ3) is 6.92. The van der Waals surface area contributed by atoms with Gasteiger partial charge in [-0.05, 0) is 23.4 Å². The molecule has 1 aliphatic rings. The van der Waals surface area contributed by atoms with E-state index in [1.54, 1.807) is 23.1 Å². The molecule has 3 N–H and O–H groups in total. The van der Waals surface area contributed by atoms with Crippen LogP contribution in [-0.2, 0) is 20.7 Å². The predicted octanol–water partition coefficient (Wildman–Crippen LogP) is 1.77. The third-order valence-electron chi connectivity index (χ3n) is 4.21. The summed E-state index contributed by atoms with van der Waals surface area (Å²) in [6.45, 7) is 5.64. The Morgan fingerprint density at radius 3 is 2.64 bits per heavy atom. The van der Waals surface area contributed by atoms with Gasteiger partial charge in [0, 0.05) is 19.5 Å². The van der Waals surface area contributed by atoms with Gasteiger partial charge < -0.3 is 25.4 Å². The monoisotopic (exact) mass is 385 g/mol. The average molecular weight is 385 g/mol. The fourth-order valence-corrected chi connectivity index (χ4v) is 2.81. The minimum absolute atomic E-state index is 0.0232. The lowest BCUT2D eigenvalue weighted by Gasteiger charge is -2.30. The van der Waals surface area contributed by atoms with Crippen molar-refractivity contribution in [2.45, 2.75) is 12.5 Å². The number of allylic oxidation sites excluding steroid dienone is 2. The number of nitrogens with zero attached hydrogens (tertiary/aromatic N) is 1. The standard InChI is InChI=1S/C21H27N3O4/c1-2-6-18(9-10-22)16-28-21(26)23-19(15-17-7-4-3-5-8-17)20(25)24-11-13-27-14-12-24/h2-10,19H,1,11-16,22H2,(H,23,26)/b10-9-,18-6+/t19-/m0/s1. The summed E-state index contributed by atoms with van der Waals surface area (Å²) in [7, 11) is 0. The first-order valence-corrected chi connectivity index (χ1v) is 9.17. The van der Waals surface area contributed by atoms with Gasteiger partial charge in [-0.15, -0.1) is 0 Å². The van der Waals surface area contributed by atoms with Crippen molar-refractivity contribution in [1.29, 1.82) is 0 Å². The van der Waals surface area contributed by atoms with Crippen molar-refractivity contribution in [1.82, 2.24) is 10.2 Å². The molecule has 0 spiro atoms. The van der Waals surface area contributed by atoms with Gasteiger partial charge in [0.1, 0.15) is 12.6 Å². The Kier molecular flexibility index (Phi) is 8.81. The first-order valence-electron chi connectivity index (χ1n) is 9.17. The Hall–Kier alpha value is -3.06. The van der Waals surface area contributed by atoms with Gasteiger partial charge in [0.05, 0.1) is 13.2 Å². The molecule has 28 heavy (non-hydrogen) atoms. The van der Waals surface area contributed by atoms with Crippen LogP contribution in [0.1, 0.15) is 5.56 Å². The summed E-state index contributed by atoms with van der Waals surface area (Å²) in [6, 6.07) is 8.82. The number of carbonyl (C=O) groups excluding carboxylic acids is 2. The van der Waals surface area contributed by atoms with E-state index in [9.17, 15) is 9.59 Å². The van der Waals surface area contributed by atoms with Crippen LogP contribution in [0.3, 0.4) is 0 Å². The molecule has 150 valence electrons. The molecular formula is C21H27N3O4. The number of amides is 2. The van der Waals surface area contributed by atoms with Gasteiger partial charge in [-0.2, -0.15) is 0 Å². The van der Waals surface area contributed by atoms with Gasteiger partial charge in [-0.1, -0.05) is 49.1 Å². The summed E-state index contributed by atoms with van der Waals surface area (Å²) in [6.07, 6.45) is 5.96. The third-order valence-corrected chi connectivity index (χ3v) is 4.21. The van der Waals surface area contributed by atoms with E-state index in [0.29, 0.717) is 38.3 Å². The summed E-state index contributed by atoms with van der Waals surface area (Å²) in [5, 5.41) is 2.70. The zero-order chi connectivity index (χ0) is 20.2. The molecule has 1 fully saturated rings. The van der Waals surface area contributed by atoms with E-state index in [2.05, 4.69) is 11.9 Å². The molecule has 0 aromatic heterocycles. The second kappa shape index (κ2) is 11.6. The Bertz CT molecular complexity index is 710. The van der Waals surface area contributed by atoms with Crippen molar-refractivity contribution in [2.24, 2.45) is 5.73 Å². The van der Waals surface area contributed by atoms with Crippen LogP contribution < -0.4 is 11.1 Å². The lowest BCUT2D eigenvalue weighted by Crippen LogP contribution is -2.52. The van der Waals surface area contributed by atoms with Crippen molar-refractivity contribution in [2.75, 3.05) is 32.9 Å². The van der Waals surface area contributed by atoms with Gasteiger partial charge >= 0.3 is 6.09 Å². The highest BCUT2D eigenvalue weighted by Gasteiger charge is 2.28. The number of nitrogens with one attached hydrogen (secondary N) is 1. The largest absolute Gasteiger partial charge is 0.445 e. The number of rotatable bonds is 8. The topological polar surface area (TPSA) is 93.9 Å². The number of carbonyl (C=O) groups is 2. The second-order valence-corrected chi connectivity index (χ2v) is 6.24. The molecule has 1 heterocycles. The van der Waals surface area contributed by atoms with Crippen molar-refractivity contribution in [3.05, 3.63) is 72.5 Å². The van der Waals surface area contributed by atoms with Crippen molar-refractivity contribution in [3.8, 4) is 0 Å². The summed E-state index contributed by atoms with van der Waals surface area (Å²) in [4.78, 5) is 26.9. The van der Waals surface area contributed by atoms with Crippen molar-refractivity contribution >= 4 is 12.0 Å². The summed E-state index contributed by atoms with van der Waals surface area (Å²) < 4.78 is 10.5. The van der Waals surface area contributed by atoms with Crippen LogP contribution in [0.4, 0.5) is 4.79 Å². The Morgan fingerprint density at radius 1 is 1.29 bits per heavy atom. The Morgan fingerprint density at radius 2 is 2.00 bits per heavy atom. The smallest absolute Gasteiger partial charge is 0.408 e. The number of ether oxygens (including phenoxy) is 2. The normalized spacial score (nSPS) is 15.9. The van der Waals surface area contributed by atoms with Crippen LogP contribution in [-0.4, -0.2) is 55.9 Å². The van der Waals surface area contributed by atoms with E-state index < -0.39 is 12.1 Å². The number of benzene rings is 1. The highest BCUT2D eigenvalue weighted by Crippen LogP contribution is 2.09. The Labute approximate surface area is 165 Å². The summed E-state index contributed by atoms with van der Waals surface area (Å²) >= 11 is 0. The number of hydrogen-bond acceptors (Lipinski definition) is 5. The maximum absolute atomic E-state index is 12.9. The van der Waals surface area contributed by atoms with Crippen molar-refractivity contribution < 1.29 is 19.1 Å². The maximum atomic E-state index is 12.9. The first kappa shape index (κ1) is 21.2. The molecule has 1 atom stereocenters. The molecule has 7 heteroatoms. The lowest BCUT2D eigenvalue weighted by atomic mass is 10.0. The van der Waals surface area contributed by atoms with Gasteiger partial charge in [0.2, 0.25) is 5.91 Å². The van der Waals surface area contributed by atoms with Crippen LogP contribution in [0.2, 0.25) is 0 Å². The molecule has 7 nitrogen and oxygen atoms in total. The Balaban J connectivity index is 2.03. The van der Waals surface area contributed by atoms with Crippen LogP contribution in [0, 0.1) is 0 Å². The zero-order valence-corrected chi connectivity index (χ0v) is 15.9. The molecule has 0 aliphatic carbocycles. The fourth-order valence-electron chi connectivity index (χ4n) is 2.81. The van der Waals surface area contributed by atoms with E-state index in [1.807, 2.05) is 30.3 Å². The quantitative estimate of drug-likeness (QED) is 0.665. The van der Waals surface area contributed by atoms with Crippen LogP contribution in [0.15, 0.2) is 66.9 Å². The molecule has 1 aromatic rings. The molecule has 0 bridgehead atoms. The molecular weight excluding hydrogens is 358 g/mol. The highest BCUT2D eigenvalue weighted by atomic mass is 16.5. The van der Waals surface area contributed by atoms with Crippen LogP contribution in [0.25, 0.3) is 0 Å². The van der Waals surface area contributed by atoms with E-state index in [0.717, 1.165) is 5.56 Å². The predicted molar refractivity (Wildman–Crippen MR) is 107 cm³/mol. The molecule has 0 saturated carbocycles. The molecule has 2 rings (SSSR count). The molecule has 0 radical (unpaired) electrons. The van der Waals surface area contributed by atoms with E-state index >= 15 is 0 Å². The zero-order valence-electron chi connectivity index (χ0n) is 15.9. The lowest BCUT2D eigenvalue weighted by molar-refractivity contribution is -0.137. The molecule has 1 saturated heterocycles. The van der Waals surface area contributed by atoms with E-state index in [-0.39, 0.29) is 12.5 Å². The van der Waals surface area contributed by atoms with Gasteiger partial charge in [0.25, 0.3) is 0 Å². The van der Waals surface area contributed by atoms with Crippen molar-refractivity contribution in [3.63, 3.8) is 0 Å². The van der Waals surface area contributed by atoms with Crippen LogP contribution in [0.5, 0.6) is 0 Å². The fraction of sp³-hybridized carbons (Fsp3) is 0.333. The first-order chi connectivity index (χ1) is 13.6. The minimum Gasteiger partial charge on any atom is -0.445 e. The number of nitrogens with two attached hydrogens (primary N) is 1.